The summed E-state index contributed by atoms with van der Waals surface area (Å²) in [6, 6.07) is 0. The molecule has 3 nitrogen and oxygen atoms in total. The lowest BCUT2D eigenvalue weighted by molar-refractivity contribution is -0.125. The van der Waals surface area contributed by atoms with Crippen molar-refractivity contribution in [2.45, 2.75) is 31.2 Å². The fourth-order valence-electron chi connectivity index (χ4n) is 1.48. The van der Waals surface area contributed by atoms with Crippen molar-refractivity contribution < 1.29 is 4.79 Å². The molecule has 0 atom stereocenters. The van der Waals surface area contributed by atoms with Gasteiger partial charge in [0, 0.05) is 7.05 Å². The van der Waals surface area contributed by atoms with Crippen molar-refractivity contribution in [1.29, 1.82) is 0 Å². The van der Waals surface area contributed by atoms with Gasteiger partial charge in [-0.25, -0.2) is 0 Å². The second-order valence-electron chi connectivity index (χ2n) is 2.94. The molecule has 0 heterocycles. The number of nitrogens with two attached hydrogens (primary N) is 1. The number of amides is 1. The smallest absolute Gasteiger partial charge is 0.239 e. The SMILES string of the molecule is CNC(=O)C1(N)CCCC1. The summed E-state index contributed by atoms with van der Waals surface area (Å²) in [6.07, 6.45) is 3.85. The number of carbonyl (C=O) groups is 1. The predicted octanol–water partition coefficient (Wildman–Crippen LogP) is 0.00390. The molecule has 3 N–H and O–H groups in total. The van der Waals surface area contributed by atoms with E-state index in [0.717, 1.165) is 25.7 Å². The first-order chi connectivity index (χ1) is 4.69. The highest BCUT2D eigenvalue weighted by Gasteiger charge is 2.35. The van der Waals surface area contributed by atoms with Gasteiger partial charge in [0.2, 0.25) is 5.91 Å². The maximum atomic E-state index is 11.1. The van der Waals surface area contributed by atoms with Crippen LogP contribution in [0.25, 0.3) is 0 Å². The molecular formula is C7H14N2O. The Labute approximate surface area is 61.0 Å². The van der Waals surface area contributed by atoms with Crippen LogP contribution in [0.4, 0.5) is 0 Å². The molecule has 0 radical (unpaired) electrons. The lowest BCUT2D eigenvalue weighted by Gasteiger charge is -2.20. The Kier molecular flexibility index (Phi) is 1.94. The molecule has 0 spiro atoms. The normalized spacial score (nSPS) is 22.6. The lowest BCUT2D eigenvalue weighted by atomic mass is 9.98. The van der Waals surface area contributed by atoms with Gasteiger partial charge in [0.15, 0.2) is 0 Å². The molecule has 0 unspecified atom stereocenters. The van der Waals surface area contributed by atoms with Crippen molar-refractivity contribution in [2.24, 2.45) is 5.73 Å². The molecule has 3 heteroatoms. The standard InChI is InChI=1S/C7H14N2O/c1-9-6(10)7(8)4-2-3-5-7/h2-5,8H2,1H3,(H,9,10). The Balaban J connectivity index is 2.58. The number of carbonyl (C=O) groups excluding carboxylic acids is 1. The Bertz CT molecular complexity index is 139. The van der Waals surface area contributed by atoms with E-state index in [0.29, 0.717) is 0 Å². The van der Waals surface area contributed by atoms with Crippen molar-refractivity contribution in [2.75, 3.05) is 7.05 Å². The van der Waals surface area contributed by atoms with E-state index in [9.17, 15) is 4.79 Å². The van der Waals surface area contributed by atoms with Gasteiger partial charge in [-0.15, -0.1) is 0 Å². The molecule has 0 aromatic rings. The third-order valence-corrected chi connectivity index (χ3v) is 2.18. The van der Waals surface area contributed by atoms with Gasteiger partial charge in [-0.1, -0.05) is 12.8 Å². The van der Waals surface area contributed by atoms with Gasteiger partial charge in [0.05, 0.1) is 5.54 Å². The summed E-state index contributed by atoms with van der Waals surface area (Å²) >= 11 is 0. The Hall–Kier alpha value is -0.570. The van der Waals surface area contributed by atoms with Gasteiger partial charge < -0.3 is 11.1 Å². The van der Waals surface area contributed by atoms with Crippen LogP contribution in [-0.4, -0.2) is 18.5 Å². The van der Waals surface area contributed by atoms with Crippen LogP contribution < -0.4 is 11.1 Å². The maximum absolute atomic E-state index is 11.1. The summed E-state index contributed by atoms with van der Waals surface area (Å²) < 4.78 is 0. The highest BCUT2D eigenvalue weighted by Crippen LogP contribution is 2.26. The monoisotopic (exact) mass is 142 g/mol. The van der Waals surface area contributed by atoms with Crippen LogP contribution >= 0.6 is 0 Å². The first-order valence-electron chi connectivity index (χ1n) is 3.70. The third kappa shape index (κ3) is 1.14. The van der Waals surface area contributed by atoms with Gasteiger partial charge in [0.1, 0.15) is 0 Å². The fourth-order valence-corrected chi connectivity index (χ4v) is 1.48. The molecular weight excluding hydrogens is 128 g/mol. The van der Waals surface area contributed by atoms with E-state index in [4.69, 9.17) is 5.73 Å². The van der Waals surface area contributed by atoms with Crippen LogP contribution in [0.5, 0.6) is 0 Å². The molecule has 0 saturated heterocycles. The van der Waals surface area contributed by atoms with Crippen molar-refractivity contribution in [3.05, 3.63) is 0 Å². The van der Waals surface area contributed by atoms with E-state index in [-0.39, 0.29) is 5.91 Å². The molecule has 1 aliphatic rings. The molecule has 58 valence electrons. The summed E-state index contributed by atoms with van der Waals surface area (Å²) in [6.45, 7) is 0. The average molecular weight is 142 g/mol. The molecule has 0 aromatic carbocycles. The van der Waals surface area contributed by atoms with Crippen molar-refractivity contribution in [1.82, 2.24) is 5.32 Å². The van der Waals surface area contributed by atoms with E-state index in [1.165, 1.54) is 0 Å². The second-order valence-corrected chi connectivity index (χ2v) is 2.94. The minimum atomic E-state index is -0.547. The van der Waals surface area contributed by atoms with Crippen LogP contribution in [0.3, 0.4) is 0 Å². The Morgan fingerprint density at radius 2 is 2.00 bits per heavy atom. The zero-order valence-corrected chi connectivity index (χ0v) is 6.31. The van der Waals surface area contributed by atoms with Crippen molar-refractivity contribution in [3.8, 4) is 0 Å². The molecule has 1 rings (SSSR count). The Morgan fingerprint density at radius 1 is 1.50 bits per heavy atom. The number of nitrogens with one attached hydrogen (secondary N) is 1. The van der Waals surface area contributed by atoms with E-state index >= 15 is 0 Å². The van der Waals surface area contributed by atoms with E-state index in [1.54, 1.807) is 7.05 Å². The van der Waals surface area contributed by atoms with Crippen LogP contribution in [0.2, 0.25) is 0 Å². The maximum Gasteiger partial charge on any atom is 0.239 e. The average Bonchev–Trinajstić information content (AvgIpc) is 2.36. The van der Waals surface area contributed by atoms with E-state index < -0.39 is 5.54 Å². The predicted molar refractivity (Wildman–Crippen MR) is 39.5 cm³/mol. The minimum Gasteiger partial charge on any atom is -0.358 e. The highest BCUT2D eigenvalue weighted by molar-refractivity contribution is 5.86. The van der Waals surface area contributed by atoms with Crippen molar-refractivity contribution in [3.63, 3.8) is 0 Å². The molecule has 0 aromatic heterocycles. The molecule has 1 aliphatic carbocycles. The Morgan fingerprint density at radius 3 is 2.40 bits per heavy atom. The van der Waals surface area contributed by atoms with Gasteiger partial charge in [0.25, 0.3) is 0 Å². The number of hydrogen-bond acceptors (Lipinski definition) is 2. The van der Waals surface area contributed by atoms with E-state index in [2.05, 4.69) is 5.32 Å². The number of rotatable bonds is 1. The molecule has 0 aliphatic heterocycles. The quantitative estimate of drug-likeness (QED) is 0.541. The van der Waals surface area contributed by atoms with Gasteiger partial charge in [-0.05, 0) is 12.8 Å². The topological polar surface area (TPSA) is 55.1 Å². The lowest BCUT2D eigenvalue weighted by Crippen LogP contribution is -2.50. The number of likely N-dealkylation sites (N-methyl/N-ethyl adjacent to an activating group) is 1. The molecule has 0 bridgehead atoms. The third-order valence-electron chi connectivity index (χ3n) is 2.18. The van der Waals surface area contributed by atoms with Gasteiger partial charge in [-0.2, -0.15) is 0 Å². The molecule has 1 amide bonds. The summed E-state index contributed by atoms with van der Waals surface area (Å²) in [5, 5.41) is 2.58. The molecule has 1 fully saturated rings. The number of hydrogen-bond donors (Lipinski definition) is 2. The van der Waals surface area contributed by atoms with E-state index in [1.807, 2.05) is 0 Å². The van der Waals surface area contributed by atoms with Crippen LogP contribution in [-0.2, 0) is 4.79 Å². The summed E-state index contributed by atoms with van der Waals surface area (Å²) in [4.78, 5) is 11.1. The summed E-state index contributed by atoms with van der Waals surface area (Å²) in [7, 11) is 1.63. The van der Waals surface area contributed by atoms with Gasteiger partial charge >= 0.3 is 0 Å². The summed E-state index contributed by atoms with van der Waals surface area (Å²) in [5.41, 5.74) is 5.25. The molecule has 1 saturated carbocycles. The van der Waals surface area contributed by atoms with Crippen LogP contribution in [0, 0.1) is 0 Å². The first kappa shape index (κ1) is 7.54. The minimum absolute atomic E-state index is 0.00926. The highest BCUT2D eigenvalue weighted by atomic mass is 16.2. The first-order valence-corrected chi connectivity index (χ1v) is 3.70. The molecule has 10 heavy (non-hydrogen) atoms. The van der Waals surface area contributed by atoms with Crippen LogP contribution in [0.15, 0.2) is 0 Å². The fraction of sp³-hybridized carbons (Fsp3) is 0.857. The zero-order chi connectivity index (χ0) is 7.61. The second kappa shape index (κ2) is 2.58. The van der Waals surface area contributed by atoms with Crippen molar-refractivity contribution >= 4 is 5.91 Å². The van der Waals surface area contributed by atoms with Gasteiger partial charge in [-0.3, -0.25) is 4.79 Å². The zero-order valence-electron chi connectivity index (χ0n) is 6.31. The summed E-state index contributed by atoms with van der Waals surface area (Å²) in [5.74, 6) is -0.00926. The largest absolute Gasteiger partial charge is 0.358 e. The van der Waals surface area contributed by atoms with Crippen LogP contribution in [0.1, 0.15) is 25.7 Å².